The molecule has 1 heterocycles. The highest BCUT2D eigenvalue weighted by molar-refractivity contribution is 7.91. The summed E-state index contributed by atoms with van der Waals surface area (Å²) in [6.07, 6.45) is 2.45. The van der Waals surface area contributed by atoms with Crippen LogP contribution in [0.4, 0.5) is 14.5 Å². The van der Waals surface area contributed by atoms with Crippen LogP contribution >= 0.6 is 0 Å². The molecule has 1 unspecified atom stereocenters. The molecule has 0 saturated heterocycles. The van der Waals surface area contributed by atoms with E-state index in [4.69, 9.17) is 11.5 Å². The fraction of sp³-hybridized carbons (Fsp3) is 0.300. The van der Waals surface area contributed by atoms with Crippen LogP contribution in [-0.4, -0.2) is 43.7 Å². The molecule has 0 spiro atoms. The third-order valence-electron chi connectivity index (χ3n) is 4.47. The maximum absolute atomic E-state index is 13.8. The van der Waals surface area contributed by atoms with E-state index in [9.17, 15) is 31.6 Å². The molecule has 1 amide bonds. The van der Waals surface area contributed by atoms with Crippen molar-refractivity contribution < 1.29 is 26.8 Å². The van der Waals surface area contributed by atoms with Crippen molar-refractivity contribution in [2.24, 2.45) is 16.5 Å². The lowest BCUT2D eigenvalue weighted by Crippen LogP contribution is -2.40. The Hall–Kier alpha value is -3.81. The Morgan fingerprint density at radius 1 is 1.18 bits per heavy atom. The van der Waals surface area contributed by atoms with Gasteiger partial charge in [0.2, 0.25) is 15.9 Å². The average Bonchev–Trinajstić information content (AvgIpc) is 2.75. The van der Waals surface area contributed by atoms with E-state index in [1.165, 1.54) is 12.3 Å². The lowest BCUT2D eigenvalue weighted by Gasteiger charge is -2.14. The van der Waals surface area contributed by atoms with E-state index < -0.39 is 62.7 Å². The van der Waals surface area contributed by atoms with Crippen molar-refractivity contribution in [3.63, 3.8) is 0 Å². The van der Waals surface area contributed by atoms with Crippen molar-refractivity contribution >= 4 is 33.9 Å². The molecule has 1 aromatic carbocycles. The molecule has 0 bridgehead atoms. The first-order chi connectivity index (χ1) is 16.0. The Kier molecular flexibility index (Phi) is 9.24. The van der Waals surface area contributed by atoms with Gasteiger partial charge in [-0.25, -0.2) is 17.2 Å². The number of halogens is 2. The van der Waals surface area contributed by atoms with Gasteiger partial charge in [0.05, 0.1) is 6.04 Å². The van der Waals surface area contributed by atoms with Crippen molar-refractivity contribution in [2.75, 3.05) is 11.3 Å². The van der Waals surface area contributed by atoms with Crippen LogP contribution in [0.15, 0.2) is 46.3 Å². The minimum atomic E-state index is -4.36. The molecular formula is C20H24F2N6O5S. The zero-order chi connectivity index (χ0) is 25.3. The molecule has 0 saturated carbocycles. The number of carbonyl (C=O) groups is 2. The zero-order valence-corrected chi connectivity index (χ0v) is 18.7. The highest BCUT2D eigenvalue weighted by Crippen LogP contribution is 2.16. The predicted octanol–water partition coefficient (Wildman–Crippen LogP) is -0.194. The summed E-state index contributed by atoms with van der Waals surface area (Å²) < 4.78 is 55.2. The standard InChI is InChI=1S/C20H24F2N6O5S/c21-15-5-1-6-16(22)14(15)12-34(32,33)27-17-7-3-9-28(19(17)31)10-18(30)26-13(11-29)4-2-8-25-20(23)24/h1,3,5-7,9,11,13,27H,2,4,8,10,12H2,(H,26,30)(H4,23,24,25). The van der Waals surface area contributed by atoms with Gasteiger partial charge in [-0.2, -0.15) is 0 Å². The van der Waals surface area contributed by atoms with Gasteiger partial charge >= 0.3 is 0 Å². The van der Waals surface area contributed by atoms with Crippen LogP contribution < -0.4 is 27.1 Å². The van der Waals surface area contributed by atoms with E-state index in [1.54, 1.807) is 0 Å². The molecule has 34 heavy (non-hydrogen) atoms. The second-order valence-corrected chi connectivity index (χ2v) is 8.90. The minimum absolute atomic E-state index is 0.0967. The van der Waals surface area contributed by atoms with Crippen LogP contribution in [0, 0.1) is 11.6 Å². The fourth-order valence-electron chi connectivity index (χ4n) is 2.90. The number of anilines is 1. The van der Waals surface area contributed by atoms with Gasteiger partial charge in [-0.3, -0.25) is 19.3 Å². The van der Waals surface area contributed by atoms with Crippen molar-refractivity contribution in [2.45, 2.75) is 31.2 Å². The molecule has 14 heteroatoms. The highest BCUT2D eigenvalue weighted by Gasteiger charge is 2.20. The fourth-order valence-corrected chi connectivity index (χ4v) is 4.12. The number of hydrogen-bond acceptors (Lipinski definition) is 6. The number of nitrogens with two attached hydrogens (primary N) is 2. The van der Waals surface area contributed by atoms with Crippen molar-refractivity contribution in [1.29, 1.82) is 0 Å². The van der Waals surface area contributed by atoms with E-state index >= 15 is 0 Å². The molecule has 2 aromatic rings. The van der Waals surface area contributed by atoms with E-state index in [-0.39, 0.29) is 18.9 Å². The van der Waals surface area contributed by atoms with Crippen LogP contribution in [0.25, 0.3) is 0 Å². The van der Waals surface area contributed by atoms with Crippen LogP contribution in [-0.2, 0) is 31.9 Å². The second kappa shape index (κ2) is 11.9. The van der Waals surface area contributed by atoms with E-state index in [0.29, 0.717) is 12.7 Å². The predicted molar refractivity (Wildman–Crippen MR) is 121 cm³/mol. The molecule has 1 aromatic heterocycles. The maximum atomic E-state index is 13.8. The van der Waals surface area contributed by atoms with Gasteiger partial charge in [0.25, 0.3) is 5.56 Å². The monoisotopic (exact) mass is 498 g/mol. The number of carbonyl (C=O) groups excluding carboxylic acids is 2. The third kappa shape index (κ3) is 7.95. The first kappa shape index (κ1) is 26.4. The second-order valence-electron chi connectivity index (χ2n) is 7.18. The quantitative estimate of drug-likeness (QED) is 0.135. The lowest BCUT2D eigenvalue weighted by atomic mass is 10.2. The number of aromatic nitrogens is 1. The largest absolute Gasteiger partial charge is 0.370 e. The molecular weight excluding hydrogens is 474 g/mol. The summed E-state index contributed by atoms with van der Waals surface area (Å²) in [7, 11) is -4.36. The molecule has 184 valence electrons. The van der Waals surface area contributed by atoms with Crippen molar-refractivity contribution in [1.82, 2.24) is 9.88 Å². The summed E-state index contributed by atoms with van der Waals surface area (Å²) in [4.78, 5) is 39.8. The molecule has 0 aliphatic carbocycles. The van der Waals surface area contributed by atoms with Crippen LogP contribution in [0.1, 0.15) is 18.4 Å². The molecule has 11 nitrogen and oxygen atoms in total. The Morgan fingerprint density at radius 2 is 1.85 bits per heavy atom. The number of sulfonamides is 1. The number of guanidine groups is 1. The number of benzene rings is 1. The number of aldehydes is 1. The van der Waals surface area contributed by atoms with E-state index in [0.717, 1.165) is 28.8 Å². The van der Waals surface area contributed by atoms with E-state index in [2.05, 4.69) is 10.3 Å². The molecule has 1 atom stereocenters. The summed E-state index contributed by atoms with van der Waals surface area (Å²) in [5.74, 6) is -3.90. The van der Waals surface area contributed by atoms with Crippen LogP contribution in [0.3, 0.4) is 0 Å². The smallest absolute Gasteiger partial charge is 0.275 e. The third-order valence-corrected chi connectivity index (χ3v) is 5.67. The van der Waals surface area contributed by atoms with Gasteiger partial charge in [-0.15, -0.1) is 0 Å². The lowest BCUT2D eigenvalue weighted by molar-refractivity contribution is -0.124. The number of rotatable bonds is 12. The van der Waals surface area contributed by atoms with Gasteiger partial charge in [-0.1, -0.05) is 6.07 Å². The molecule has 0 aliphatic rings. The number of amides is 1. The van der Waals surface area contributed by atoms with Gasteiger partial charge in [0.1, 0.15) is 35.9 Å². The maximum Gasteiger partial charge on any atom is 0.275 e. The summed E-state index contributed by atoms with van der Waals surface area (Å²) in [5.41, 5.74) is 8.44. The Labute approximate surface area is 193 Å². The summed E-state index contributed by atoms with van der Waals surface area (Å²) >= 11 is 0. The minimum Gasteiger partial charge on any atom is -0.370 e. The number of hydrogen-bond donors (Lipinski definition) is 4. The molecule has 0 radical (unpaired) electrons. The normalized spacial score (nSPS) is 11.9. The Balaban J connectivity index is 2.06. The Morgan fingerprint density at radius 3 is 2.47 bits per heavy atom. The number of nitrogens with one attached hydrogen (secondary N) is 2. The summed E-state index contributed by atoms with van der Waals surface area (Å²) in [6.45, 7) is -0.241. The molecule has 0 aliphatic heterocycles. The summed E-state index contributed by atoms with van der Waals surface area (Å²) in [5, 5.41) is 2.44. The van der Waals surface area contributed by atoms with Crippen LogP contribution in [0.5, 0.6) is 0 Å². The molecule has 6 N–H and O–H groups in total. The number of pyridine rings is 1. The molecule has 0 fully saturated rings. The number of nitrogens with zero attached hydrogens (tertiary/aromatic N) is 2. The highest BCUT2D eigenvalue weighted by atomic mass is 32.2. The Bertz CT molecular complexity index is 1210. The van der Waals surface area contributed by atoms with Gasteiger partial charge in [-0.05, 0) is 37.1 Å². The molecule has 2 rings (SSSR count). The van der Waals surface area contributed by atoms with Gasteiger partial charge < -0.3 is 26.1 Å². The van der Waals surface area contributed by atoms with E-state index in [1.807, 2.05) is 4.72 Å². The zero-order valence-electron chi connectivity index (χ0n) is 17.9. The topological polar surface area (TPSA) is 179 Å². The summed E-state index contributed by atoms with van der Waals surface area (Å²) in [6, 6.07) is 4.53. The average molecular weight is 499 g/mol. The van der Waals surface area contributed by atoms with Crippen LogP contribution in [0.2, 0.25) is 0 Å². The van der Waals surface area contributed by atoms with Crippen molar-refractivity contribution in [3.05, 3.63) is 64.1 Å². The number of aliphatic imine (C=N–C) groups is 1. The first-order valence-corrected chi connectivity index (χ1v) is 11.6. The van der Waals surface area contributed by atoms with Gasteiger partial charge in [0, 0.05) is 18.3 Å². The first-order valence-electron chi connectivity index (χ1n) is 9.95. The van der Waals surface area contributed by atoms with Gasteiger partial charge in [0.15, 0.2) is 5.96 Å². The SMILES string of the molecule is NC(N)=NCCCC(C=O)NC(=O)Cn1cccc(NS(=O)(=O)Cc2c(F)cccc2F)c1=O. The van der Waals surface area contributed by atoms with Crippen molar-refractivity contribution in [3.8, 4) is 0 Å².